The van der Waals surface area contributed by atoms with Crippen molar-refractivity contribution in [1.82, 2.24) is 0 Å². The fraction of sp³-hybridized carbons (Fsp3) is 0.909. The lowest BCUT2D eigenvalue weighted by Gasteiger charge is -2.28. The smallest absolute Gasteiger partial charge is 0.295 e. The monoisotopic (exact) mass is 229 g/mol. The molecule has 0 aromatic carbocycles. The van der Waals surface area contributed by atoms with Crippen LogP contribution in [0.2, 0.25) is 19.6 Å². The summed E-state index contributed by atoms with van der Waals surface area (Å²) in [5, 5.41) is 0. The SMILES string of the molecule is C[Si](C)(C)OC(=O)C1CCC(CN)CC1. The van der Waals surface area contributed by atoms with Gasteiger partial charge in [-0.3, -0.25) is 4.79 Å². The number of hydrogen-bond acceptors (Lipinski definition) is 3. The molecule has 88 valence electrons. The standard InChI is InChI=1S/C11H23NO2Si/c1-15(2,3)14-11(13)10-6-4-9(8-12)5-7-10/h9-10H,4-8,12H2,1-3H3. The van der Waals surface area contributed by atoms with Crippen LogP contribution in [0.1, 0.15) is 25.7 Å². The molecule has 0 radical (unpaired) electrons. The fourth-order valence-electron chi connectivity index (χ4n) is 2.02. The highest BCUT2D eigenvalue weighted by atomic mass is 28.4. The lowest BCUT2D eigenvalue weighted by atomic mass is 9.82. The molecule has 0 saturated heterocycles. The first-order valence-corrected chi connectivity index (χ1v) is 9.26. The van der Waals surface area contributed by atoms with Crippen molar-refractivity contribution in [2.24, 2.45) is 17.6 Å². The second-order valence-electron chi connectivity index (χ2n) is 5.49. The maximum Gasteiger partial charge on any atom is 0.295 e. The molecule has 1 fully saturated rings. The predicted molar refractivity (Wildman–Crippen MR) is 63.9 cm³/mol. The maximum absolute atomic E-state index is 11.8. The highest BCUT2D eigenvalue weighted by molar-refractivity contribution is 6.71. The van der Waals surface area contributed by atoms with Crippen molar-refractivity contribution in [2.75, 3.05) is 6.54 Å². The maximum atomic E-state index is 11.8. The molecule has 0 heterocycles. The highest BCUT2D eigenvalue weighted by Gasteiger charge is 2.29. The third-order valence-corrected chi connectivity index (χ3v) is 3.73. The molecule has 0 aromatic rings. The highest BCUT2D eigenvalue weighted by Crippen LogP contribution is 2.29. The minimum Gasteiger partial charge on any atom is -0.520 e. The summed E-state index contributed by atoms with van der Waals surface area (Å²) >= 11 is 0. The lowest BCUT2D eigenvalue weighted by Crippen LogP contribution is -2.34. The Bertz CT molecular complexity index is 217. The summed E-state index contributed by atoms with van der Waals surface area (Å²) in [5.74, 6) is 0.796. The van der Waals surface area contributed by atoms with Crippen molar-refractivity contribution in [3.63, 3.8) is 0 Å². The molecule has 1 aliphatic rings. The van der Waals surface area contributed by atoms with Gasteiger partial charge in [-0.2, -0.15) is 0 Å². The molecule has 1 saturated carbocycles. The van der Waals surface area contributed by atoms with Crippen LogP contribution >= 0.6 is 0 Å². The molecule has 0 atom stereocenters. The zero-order valence-electron chi connectivity index (χ0n) is 10.1. The average Bonchev–Trinajstić information content (AvgIpc) is 2.15. The van der Waals surface area contributed by atoms with E-state index in [0.717, 1.165) is 32.2 Å². The zero-order valence-corrected chi connectivity index (χ0v) is 11.1. The molecule has 0 aromatic heterocycles. The van der Waals surface area contributed by atoms with Crippen molar-refractivity contribution in [2.45, 2.75) is 45.3 Å². The van der Waals surface area contributed by atoms with E-state index in [-0.39, 0.29) is 11.9 Å². The molecule has 0 aliphatic heterocycles. The summed E-state index contributed by atoms with van der Waals surface area (Å²) in [5.41, 5.74) is 5.62. The number of carbonyl (C=O) groups excluding carboxylic acids is 1. The van der Waals surface area contributed by atoms with Crippen LogP contribution in [0, 0.1) is 11.8 Å². The molecule has 0 amide bonds. The molecule has 3 nitrogen and oxygen atoms in total. The second kappa shape index (κ2) is 5.12. The molecule has 4 heteroatoms. The van der Waals surface area contributed by atoms with E-state index < -0.39 is 8.32 Å². The van der Waals surface area contributed by atoms with Crippen molar-refractivity contribution in [1.29, 1.82) is 0 Å². The van der Waals surface area contributed by atoms with Crippen LogP contribution in [-0.2, 0) is 9.22 Å². The van der Waals surface area contributed by atoms with Gasteiger partial charge in [-0.05, 0) is 57.8 Å². The molecule has 0 bridgehead atoms. The quantitative estimate of drug-likeness (QED) is 0.754. The van der Waals surface area contributed by atoms with E-state index in [1.807, 2.05) is 0 Å². The number of rotatable bonds is 3. The summed E-state index contributed by atoms with van der Waals surface area (Å²) in [4.78, 5) is 11.8. The topological polar surface area (TPSA) is 52.3 Å². The lowest BCUT2D eigenvalue weighted by molar-refractivity contribution is -0.141. The Labute approximate surface area is 93.5 Å². The molecule has 1 rings (SSSR count). The third kappa shape index (κ3) is 4.34. The molecule has 0 spiro atoms. The fourth-order valence-corrected chi connectivity index (χ4v) is 2.79. The van der Waals surface area contributed by atoms with Crippen LogP contribution in [-0.4, -0.2) is 20.8 Å². The summed E-state index contributed by atoms with van der Waals surface area (Å²) in [6.07, 6.45) is 4.10. The van der Waals surface area contributed by atoms with Gasteiger partial charge in [0.15, 0.2) is 0 Å². The van der Waals surface area contributed by atoms with Crippen LogP contribution in [0.5, 0.6) is 0 Å². The number of carbonyl (C=O) groups is 1. The first-order valence-electron chi connectivity index (χ1n) is 5.85. The predicted octanol–water partition coefficient (Wildman–Crippen LogP) is 2.13. The molecular weight excluding hydrogens is 206 g/mol. The van der Waals surface area contributed by atoms with Crippen molar-refractivity contribution < 1.29 is 9.22 Å². The minimum absolute atomic E-state index is 0.0321. The van der Waals surface area contributed by atoms with Crippen LogP contribution in [0.4, 0.5) is 0 Å². The summed E-state index contributed by atoms with van der Waals surface area (Å²) in [6, 6.07) is 0. The Hall–Kier alpha value is -0.353. The first-order chi connectivity index (χ1) is 6.92. The largest absolute Gasteiger partial charge is 0.520 e. The number of nitrogens with two attached hydrogens (primary N) is 1. The van der Waals surface area contributed by atoms with Crippen LogP contribution < -0.4 is 5.73 Å². The average molecular weight is 229 g/mol. The van der Waals surface area contributed by atoms with E-state index in [4.69, 9.17) is 10.2 Å². The van der Waals surface area contributed by atoms with Crippen LogP contribution in [0.25, 0.3) is 0 Å². The minimum atomic E-state index is -1.70. The van der Waals surface area contributed by atoms with Crippen LogP contribution in [0.15, 0.2) is 0 Å². The van der Waals surface area contributed by atoms with E-state index in [1.54, 1.807) is 0 Å². The summed E-state index contributed by atoms with van der Waals surface area (Å²) < 4.78 is 5.51. The van der Waals surface area contributed by atoms with Gasteiger partial charge in [0.2, 0.25) is 8.32 Å². The normalized spacial score (nSPS) is 27.5. The molecule has 0 unspecified atom stereocenters. The van der Waals surface area contributed by atoms with Gasteiger partial charge in [0.1, 0.15) is 0 Å². The van der Waals surface area contributed by atoms with Crippen LogP contribution in [0.3, 0.4) is 0 Å². The van der Waals surface area contributed by atoms with Gasteiger partial charge in [0.05, 0.1) is 5.92 Å². The second-order valence-corrected chi connectivity index (χ2v) is 9.92. The molecular formula is C11H23NO2Si. The van der Waals surface area contributed by atoms with Crippen molar-refractivity contribution in [3.05, 3.63) is 0 Å². The first kappa shape index (κ1) is 12.7. The van der Waals surface area contributed by atoms with Gasteiger partial charge in [0, 0.05) is 0 Å². The van der Waals surface area contributed by atoms with Gasteiger partial charge in [0.25, 0.3) is 5.97 Å². The van der Waals surface area contributed by atoms with E-state index in [1.165, 1.54) is 0 Å². The zero-order chi connectivity index (χ0) is 11.5. The third-order valence-electron chi connectivity index (χ3n) is 2.92. The summed E-state index contributed by atoms with van der Waals surface area (Å²) in [6.45, 7) is 6.92. The van der Waals surface area contributed by atoms with Crippen molar-refractivity contribution in [3.8, 4) is 0 Å². The van der Waals surface area contributed by atoms with Gasteiger partial charge >= 0.3 is 0 Å². The van der Waals surface area contributed by atoms with E-state index in [0.29, 0.717) is 5.92 Å². The summed E-state index contributed by atoms with van der Waals surface area (Å²) in [7, 11) is -1.70. The Balaban J connectivity index is 2.37. The van der Waals surface area contributed by atoms with Gasteiger partial charge in [-0.1, -0.05) is 0 Å². The van der Waals surface area contributed by atoms with Crippen molar-refractivity contribution >= 4 is 14.3 Å². The van der Waals surface area contributed by atoms with Gasteiger partial charge in [-0.25, -0.2) is 0 Å². The van der Waals surface area contributed by atoms with E-state index >= 15 is 0 Å². The van der Waals surface area contributed by atoms with E-state index in [9.17, 15) is 4.79 Å². The molecule has 15 heavy (non-hydrogen) atoms. The Morgan fingerprint density at radius 1 is 1.27 bits per heavy atom. The van der Waals surface area contributed by atoms with E-state index in [2.05, 4.69) is 19.6 Å². The number of hydrogen-bond donors (Lipinski definition) is 1. The van der Waals surface area contributed by atoms with Gasteiger partial charge < -0.3 is 10.2 Å². The molecule has 2 N–H and O–H groups in total. The Kier molecular flexibility index (Phi) is 4.34. The Morgan fingerprint density at radius 2 is 1.80 bits per heavy atom. The Morgan fingerprint density at radius 3 is 2.20 bits per heavy atom. The van der Waals surface area contributed by atoms with Gasteiger partial charge in [-0.15, -0.1) is 0 Å². The molecule has 1 aliphatic carbocycles.